The zero-order chi connectivity index (χ0) is 19.4. The molecule has 1 saturated carbocycles. The first-order valence-corrected chi connectivity index (χ1v) is 9.49. The summed E-state index contributed by atoms with van der Waals surface area (Å²) in [6.07, 6.45) is 4.66. The SMILES string of the molecule is CC(C)c1c([N+](=O)[O-])cc2c(c1[N+](=O)[O-])CC[C@H]1C(C)(C)CCC[C@]21C. The summed E-state index contributed by atoms with van der Waals surface area (Å²) in [4.78, 5) is 22.9. The van der Waals surface area contributed by atoms with Crippen molar-refractivity contribution in [1.82, 2.24) is 0 Å². The highest BCUT2D eigenvalue weighted by Gasteiger charge is 2.52. The molecule has 0 amide bonds. The predicted octanol–water partition coefficient (Wildman–Crippen LogP) is 5.66. The molecular weight excluding hydrogens is 332 g/mol. The van der Waals surface area contributed by atoms with Crippen molar-refractivity contribution in [3.63, 3.8) is 0 Å². The van der Waals surface area contributed by atoms with E-state index in [1.54, 1.807) is 19.9 Å². The van der Waals surface area contributed by atoms with Crippen LogP contribution in [0.2, 0.25) is 0 Å². The van der Waals surface area contributed by atoms with Gasteiger partial charge in [0.25, 0.3) is 11.4 Å². The third kappa shape index (κ3) is 2.61. The van der Waals surface area contributed by atoms with E-state index in [9.17, 15) is 20.2 Å². The number of nitrogens with zero attached hydrogens (tertiary/aromatic N) is 2. The summed E-state index contributed by atoms with van der Waals surface area (Å²) >= 11 is 0. The standard InChI is InChI=1S/C20H28N2O4/c1-12(2)17-15(21(23)24)11-14-13(18(17)22(25)26)7-8-16-19(3,4)9-6-10-20(14,16)5/h11-12,16H,6-10H2,1-5H3/t16-,20+/m0/s1. The van der Waals surface area contributed by atoms with E-state index in [1.807, 2.05) is 0 Å². The van der Waals surface area contributed by atoms with E-state index in [1.165, 1.54) is 0 Å². The molecule has 0 spiro atoms. The number of nitro groups is 2. The minimum atomic E-state index is -0.441. The molecule has 0 saturated heterocycles. The molecule has 0 radical (unpaired) electrons. The molecule has 0 aliphatic heterocycles. The third-order valence-corrected chi connectivity index (χ3v) is 6.91. The van der Waals surface area contributed by atoms with Crippen molar-refractivity contribution in [2.24, 2.45) is 11.3 Å². The van der Waals surface area contributed by atoms with Gasteiger partial charge in [-0.1, -0.05) is 41.0 Å². The van der Waals surface area contributed by atoms with Gasteiger partial charge in [0.2, 0.25) is 0 Å². The molecule has 1 aromatic carbocycles. The molecule has 2 aliphatic carbocycles. The van der Waals surface area contributed by atoms with Gasteiger partial charge in [0.05, 0.1) is 9.85 Å². The number of hydrogen-bond donors (Lipinski definition) is 0. The Balaban J connectivity index is 2.35. The van der Waals surface area contributed by atoms with Crippen molar-refractivity contribution < 1.29 is 9.85 Å². The van der Waals surface area contributed by atoms with Crippen LogP contribution in [0.5, 0.6) is 0 Å². The number of rotatable bonds is 3. The molecule has 0 bridgehead atoms. The van der Waals surface area contributed by atoms with Crippen LogP contribution in [0.4, 0.5) is 11.4 Å². The molecule has 6 nitrogen and oxygen atoms in total. The summed E-state index contributed by atoms with van der Waals surface area (Å²) in [6, 6.07) is 1.67. The Labute approximate surface area is 154 Å². The van der Waals surface area contributed by atoms with Gasteiger partial charge < -0.3 is 0 Å². The van der Waals surface area contributed by atoms with Crippen LogP contribution in [-0.2, 0) is 11.8 Å². The summed E-state index contributed by atoms with van der Waals surface area (Å²) in [6.45, 7) is 10.3. The first-order valence-electron chi connectivity index (χ1n) is 9.49. The molecule has 1 aromatic rings. The summed E-state index contributed by atoms with van der Waals surface area (Å²) in [5, 5.41) is 23.7. The lowest BCUT2D eigenvalue weighted by Gasteiger charge is -2.54. The fourth-order valence-corrected chi connectivity index (χ4v) is 5.85. The quantitative estimate of drug-likeness (QED) is 0.514. The minimum Gasteiger partial charge on any atom is -0.258 e. The number of benzene rings is 1. The van der Waals surface area contributed by atoms with Gasteiger partial charge in [0.15, 0.2) is 0 Å². The molecule has 26 heavy (non-hydrogen) atoms. The fraction of sp³-hybridized carbons (Fsp3) is 0.700. The average Bonchev–Trinajstić information content (AvgIpc) is 2.51. The van der Waals surface area contributed by atoms with E-state index >= 15 is 0 Å². The lowest BCUT2D eigenvalue weighted by molar-refractivity contribution is -0.396. The van der Waals surface area contributed by atoms with Gasteiger partial charge in [-0.25, -0.2) is 0 Å². The molecule has 0 N–H and O–H groups in total. The Morgan fingerprint density at radius 2 is 1.77 bits per heavy atom. The van der Waals surface area contributed by atoms with Crippen molar-refractivity contribution in [2.45, 2.75) is 78.1 Å². The maximum atomic E-state index is 11.9. The van der Waals surface area contributed by atoms with E-state index in [4.69, 9.17) is 0 Å². The Morgan fingerprint density at radius 1 is 1.12 bits per heavy atom. The van der Waals surface area contributed by atoms with Gasteiger partial charge in [-0.05, 0) is 53.9 Å². The van der Waals surface area contributed by atoms with Crippen LogP contribution in [0.3, 0.4) is 0 Å². The van der Waals surface area contributed by atoms with E-state index in [-0.39, 0.29) is 33.7 Å². The van der Waals surface area contributed by atoms with E-state index in [2.05, 4.69) is 20.8 Å². The summed E-state index contributed by atoms with van der Waals surface area (Å²) < 4.78 is 0. The highest BCUT2D eigenvalue weighted by Crippen LogP contribution is 2.59. The van der Waals surface area contributed by atoms with Crippen molar-refractivity contribution in [3.8, 4) is 0 Å². The van der Waals surface area contributed by atoms with Gasteiger partial charge in [-0.15, -0.1) is 0 Å². The van der Waals surface area contributed by atoms with Gasteiger partial charge in [-0.2, -0.15) is 0 Å². The topological polar surface area (TPSA) is 86.3 Å². The van der Waals surface area contributed by atoms with Crippen LogP contribution in [0.1, 0.15) is 82.9 Å². The normalized spacial score (nSPS) is 26.9. The second-order valence-corrected chi connectivity index (χ2v) is 9.20. The van der Waals surface area contributed by atoms with Gasteiger partial charge in [-0.3, -0.25) is 20.2 Å². The van der Waals surface area contributed by atoms with Crippen LogP contribution in [-0.4, -0.2) is 9.85 Å². The smallest absolute Gasteiger partial charge is 0.258 e. The Kier molecular flexibility index (Phi) is 4.36. The van der Waals surface area contributed by atoms with Crippen molar-refractivity contribution in [2.75, 3.05) is 0 Å². The second kappa shape index (κ2) is 6.03. The van der Waals surface area contributed by atoms with Gasteiger partial charge >= 0.3 is 0 Å². The van der Waals surface area contributed by atoms with Crippen molar-refractivity contribution in [1.29, 1.82) is 0 Å². The molecule has 0 unspecified atom stereocenters. The van der Waals surface area contributed by atoms with E-state index < -0.39 is 9.85 Å². The van der Waals surface area contributed by atoms with Gasteiger partial charge in [0, 0.05) is 11.6 Å². The maximum Gasteiger partial charge on any atom is 0.283 e. The largest absolute Gasteiger partial charge is 0.283 e. The van der Waals surface area contributed by atoms with Crippen molar-refractivity contribution in [3.05, 3.63) is 43.0 Å². The first kappa shape index (κ1) is 18.8. The monoisotopic (exact) mass is 360 g/mol. The Hall–Kier alpha value is -1.98. The Morgan fingerprint density at radius 3 is 2.31 bits per heavy atom. The van der Waals surface area contributed by atoms with Crippen LogP contribution in [0, 0.1) is 31.6 Å². The summed E-state index contributed by atoms with van der Waals surface area (Å²) in [5.74, 6) is 0.120. The zero-order valence-electron chi connectivity index (χ0n) is 16.3. The highest BCUT2D eigenvalue weighted by molar-refractivity contribution is 5.65. The minimum absolute atomic E-state index is 0.00717. The number of fused-ring (bicyclic) bond motifs is 3. The predicted molar refractivity (Wildman–Crippen MR) is 101 cm³/mol. The summed E-state index contributed by atoms with van der Waals surface area (Å²) in [5.41, 5.74) is 1.68. The van der Waals surface area contributed by atoms with Crippen LogP contribution in [0.15, 0.2) is 6.07 Å². The zero-order valence-corrected chi connectivity index (χ0v) is 16.3. The fourth-order valence-electron chi connectivity index (χ4n) is 5.85. The van der Waals surface area contributed by atoms with Crippen LogP contribution < -0.4 is 0 Å². The lowest BCUT2D eigenvalue weighted by Crippen LogP contribution is -2.48. The molecule has 3 rings (SSSR count). The van der Waals surface area contributed by atoms with Crippen molar-refractivity contribution >= 4 is 11.4 Å². The molecule has 142 valence electrons. The third-order valence-electron chi connectivity index (χ3n) is 6.91. The highest BCUT2D eigenvalue weighted by atomic mass is 16.6. The van der Waals surface area contributed by atoms with Gasteiger partial charge in [0.1, 0.15) is 5.56 Å². The van der Waals surface area contributed by atoms with Crippen LogP contribution >= 0.6 is 0 Å². The second-order valence-electron chi connectivity index (χ2n) is 9.20. The molecule has 6 heteroatoms. The number of hydrogen-bond acceptors (Lipinski definition) is 4. The summed E-state index contributed by atoms with van der Waals surface area (Å²) in [7, 11) is 0. The number of nitro benzene ring substituents is 2. The molecule has 2 atom stereocenters. The van der Waals surface area contributed by atoms with E-state index in [0.717, 1.165) is 36.8 Å². The Bertz CT molecular complexity index is 785. The van der Waals surface area contributed by atoms with Crippen LogP contribution in [0.25, 0.3) is 0 Å². The molecule has 0 heterocycles. The first-order chi connectivity index (χ1) is 12.0. The average molecular weight is 360 g/mol. The molecule has 1 fully saturated rings. The lowest BCUT2D eigenvalue weighted by atomic mass is 9.50. The molecular formula is C20H28N2O4. The maximum absolute atomic E-state index is 11.9. The molecule has 2 aliphatic rings. The van der Waals surface area contributed by atoms with E-state index in [0.29, 0.717) is 12.3 Å². The molecule has 0 aromatic heterocycles.